The van der Waals surface area contributed by atoms with Gasteiger partial charge < -0.3 is 10.4 Å². The average molecular weight is 356 g/mol. The molecule has 2 aromatic heterocycles. The number of hydrogen-bond acceptors (Lipinski definition) is 4. The highest BCUT2D eigenvalue weighted by atomic mass is 32.1. The van der Waals surface area contributed by atoms with Crippen molar-refractivity contribution >= 4 is 28.2 Å². The Labute approximate surface area is 151 Å². The first-order chi connectivity index (χ1) is 11.8. The van der Waals surface area contributed by atoms with Crippen molar-refractivity contribution in [1.82, 2.24) is 5.32 Å². The molecule has 2 atom stereocenters. The van der Waals surface area contributed by atoms with Gasteiger partial charge in [0, 0.05) is 17.5 Å². The van der Waals surface area contributed by atoms with E-state index in [0.29, 0.717) is 6.54 Å². The van der Waals surface area contributed by atoms with Gasteiger partial charge in [-0.2, -0.15) is 11.3 Å². The topological polar surface area (TPSA) is 32.3 Å². The van der Waals surface area contributed by atoms with Crippen molar-refractivity contribution in [1.29, 1.82) is 0 Å². The minimum absolute atomic E-state index is 0.0179. The third kappa shape index (κ3) is 4.22. The van der Waals surface area contributed by atoms with Crippen LogP contribution < -0.4 is 5.32 Å². The third-order valence-corrected chi connectivity index (χ3v) is 5.57. The molecule has 0 aliphatic heterocycles. The molecule has 0 amide bonds. The molecule has 2 N–H and O–H groups in total. The van der Waals surface area contributed by atoms with Gasteiger partial charge in [-0.1, -0.05) is 42.5 Å². The molecule has 2 nitrogen and oxygen atoms in total. The van der Waals surface area contributed by atoms with Gasteiger partial charge in [0.2, 0.25) is 0 Å². The number of aliphatic hydroxyl groups is 1. The molecule has 2 unspecified atom stereocenters. The predicted octanol–water partition coefficient (Wildman–Crippen LogP) is 4.95. The minimum atomic E-state index is -0.508. The highest BCUT2D eigenvalue weighted by molar-refractivity contribution is 7.11. The summed E-state index contributed by atoms with van der Waals surface area (Å²) in [5.74, 6) is 0. The van der Waals surface area contributed by atoms with Crippen molar-refractivity contribution in [2.45, 2.75) is 19.1 Å². The number of thiophene rings is 2. The second kappa shape index (κ2) is 8.40. The summed E-state index contributed by atoms with van der Waals surface area (Å²) in [6.07, 6.45) is 1.70. The summed E-state index contributed by atoms with van der Waals surface area (Å²) in [5.41, 5.74) is 3.44. The fourth-order valence-corrected chi connectivity index (χ4v) is 4.05. The molecule has 2 heterocycles. The summed E-state index contributed by atoms with van der Waals surface area (Å²) in [4.78, 5) is 1.27. The van der Waals surface area contributed by atoms with Crippen molar-refractivity contribution < 1.29 is 5.11 Å². The molecular formula is C20H21NOS2. The second-order valence-electron chi connectivity index (χ2n) is 5.66. The van der Waals surface area contributed by atoms with E-state index in [-0.39, 0.29) is 6.04 Å². The molecule has 0 saturated heterocycles. The molecule has 124 valence electrons. The van der Waals surface area contributed by atoms with Crippen LogP contribution >= 0.6 is 22.7 Å². The molecular weight excluding hydrogens is 334 g/mol. The molecule has 0 radical (unpaired) electrons. The number of aliphatic hydroxyl groups excluding tert-OH is 1. The van der Waals surface area contributed by atoms with E-state index in [2.05, 4.69) is 45.7 Å². The molecule has 0 spiro atoms. The fraction of sp³-hybridized carbons (Fsp3) is 0.200. The predicted molar refractivity (Wildman–Crippen MR) is 105 cm³/mol. The molecule has 0 saturated carbocycles. The smallest absolute Gasteiger partial charge is 0.0940 e. The quantitative estimate of drug-likeness (QED) is 0.628. The van der Waals surface area contributed by atoms with Gasteiger partial charge in [0.05, 0.1) is 6.10 Å². The van der Waals surface area contributed by atoms with E-state index in [9.17, 15) is 5.11 Å². The summed E-state index contributed by atoms with van der Waals surface area (Å²) >= 11 is 3.46. The van der Waals surface area contributed by atoms with Crippen LogP contribution in [0.25, 0.3) is 5.57 Å². The first-order valence-corrected chi connectivity index (χ1v) is 9.81. The van der Waals surface area contributed by atoms with Crippen LogP contribution in [0.3, 0.4) is 0 Å². The second-order valence-corrected chi connectivity index (χ2v) is 7.39. The maximum absolute atomic E-state index is 10.4. The van der Waals surface area contributed by atoms with Crippen molar-refractivity contribution in [3.8, 4) is 0 Å². The number of benzene rings is 1. The van der Waals surface area contributed by atoms with Crippen LogP contribution in [-0.4, -0.2) is 17.7 Å². The summed E-state index contributed by atoms with van der Waals surface area (Å²) in [5, 5.41) is 20.2. The zero-order chi connectivity index (χ0) is 16.8. The Morgan fingerprint density at radius 1 is 1.12 bits per heavy atom. The van der Waals surface area contributed by atoms with E-state index in [4.69, 9.17) is 0 Å². The lowest BCUT2D eigenvalue weighted by Crippen LogP contribution is -2.32. The summed E-state index contributed by atoms with van der Waals surface area (Å²) < 4.78 is 0. The highest BCUT2D eigenvalue weighted by Crippen LogP contribution is 2.28. The van der Waals surface area contributed by atoms with Crippen molar-refractivity contribution in [2.75, 3.05) is 6.54 Å². The Kier molecular flexibility index (Phi) is 5.99. The van der Waals surface area contributed by atoms with Gasteiger partial charge in [0.1, 0.15) is 0 Å². The van der Waals surface area contributed by atoms with Gasteiger partial charge in [-0.15, -0.1) is 11.3 Å². The molecule has 0 bridgehead atoms. The van der Waals surface area contributed by atoms with Gasteiger partial charge in [-0.25, -0.2) is 0 Å². The van der Waals surface area contributed by atoms with Gasteiger partial charge in [0.25, 0.3) is 0 Å². The summed E-state index contributed by atoms with van der Waals surface area (Å²) in [7, 11) is 0. The Balaban J connectivity index is 1.67. The molecule has 0 aliphatic carbocycles. The molecule has 1 aromatic carbocycles. The lowest BCUT2D eigenvalue weighted by Gasteiger charge is -2.20. The van der Waals surface area contributed by atoms with Crippen LogP contribution in [0.1, 0.15) is 29.0 Å². The lowest BCUT2D eigenvalue weighted by molar-refractivity contribution is 0.138. The molecule has 4 heteroatoms. The molecule has 0 aliphatic rings. The lowest BCUT2D eigenvalue weighted by atomic mass is 10.0. The van der Waals surface area contributed by atoms with Gasteiger partial charge in [-0.3, -0.25) is 0 Å². The minimum Gasteiger partial charge on any atom is -0.387 e. The first kappa shape index (κ1) is 17.1. The van der Waals surface area contributed by atoms with Crippen LogP contribution in [0, 0.1) is 0 Å². The number of nitrogens with one attached hydrogen (secondary N) is 1. The van der Waals surface area contributed by atoms with E-state index < -0.39 is 6.10 Å². The normalized spacial score (nSPS) is 14.5. The average Bonchev–Trinajstić information content (AvgIpc) is 3.32. The zero-order valence-electron chi connectivity index (χ0n) is 13.6. The maximum Gasteiger partial charge on any atom is 0.0940 e. The number of hydrogen-bond donors (Lipinski definition) is 2. The van der Waals surface area contributed by atoms with E-state index in [1.54, 1.807) is 22.7 Å². The summed E-state index contributed by atoms with van der Waals surface area (Å²) in [6.45, 7) is 2.73. The van der Waals surface area contributed by atoms with E-state index in [1.807, 2.05) is 37.3 Å². The monoisotopic (exact) mass is 355 g/mol. The van der Waals surface area contributed by atoms with Crippen LogP contribution in [-0.2, 0) is 0 Å². The first-order valence-electron chi connectivity index (χ1n) is 7.98. The Morgan fingerprint density at radius 3 is 2.62 bits per heavy atom. The van der Waals surface area contributed by atoms with Gasteiger partial charge >= 0.3 is 0 Å². The van der Waals surface area contributed by atoms with Crippen LogP contribution in [0.2, 0.25) is 0 Å². The Morgan fingerprint density at radius 2 is 1.96 bits per heavy atom. The Bertz CT molecular complexity index is 712. The molecule has 3 rings (SSSR count). The van der Waals surface area contributed by atoms with Crippen LogP contribution in [0.4, 0.5) is 0 Å². The molecule has 24 heavy (non-hydrogen) atoms. The van der Waals surface area contributed by atoms with E-state index in [0.717, 1.165) is 5.56 Å². The molecule has 0 fully saturated rings. The fourth-order valence-electron chi connectivity index (χ4n) is 2.61. The summed E-state index contributed by atoms with van der Waals surface area (Å²) in [6, 6.07) is 16.2. The SMILES string of the molecule is CC(NC/C=C(/c1ccsc1)c1cccs1)C(O)c1ccccc1. The zero-order valence-corrected chi connectivity index (χ0v) is 15.2. The van der Waals surface area contributed by atoms with Gasteiger partial charge in [0.15, 0.2) is 0 Å². The van der Waals surface area contributed by atoms with Gasteiger partial charge in [-0.05, 0) is 51.9 Å². The van der Waals surface area contributed by atoms with E-state index in [1.165, 1.54) is 16.0 Å². The standard InChI is InChI=1S/C20H21NOS2/c1-15(20(22)16-6-3-2-4-7-16)21-11-9-18(17-10-13-23-14-17)19-8-5-12-24-19/h2-10,12-15,20-22H,11H2,1H3/b18-9-. The van der Waals surface area contributed by atoms with Crippen molar-refractivity contribution in [3.63, 3.8) is 0 Å². The molecule has 3 aromatic rings. The van der Waals surface area contributed by atoms with Crippen LogP contribution in [0.5, 0.6) is 0 Å². The maximum atomic E-state index is 10.4. The highest BCUT2D eigenvalue weighted by Gasteiger charge is 2.15. The number of rotatable bonds is 7. The van der Waals surface area contributed by atoms with Crippen molar-refractivity contribution in [2.24, 2.45) is 0 Å². The van der Waals surface area contributed by atoms with E-state index >= 15 is 0 Å². The third-order valence-electron chi connectivity index (χ3n) is 3.98. The van der Waals surface area contributed by atoms with Crippen LogP contribution in [0.15, 0.2) is 70.7 Å². The van der Waals surface area contributed by atoms with Crippen molar-refractivity contribution in [3.05, 3.63) is 86.8 Å². The largest absolute Gasteiger partial charge is 0.387 e. The Hall–Kier alpha value is -1.72.